The molecular weight excluding hydrogens is 438 g/mol. The Hall–Kier alpha value is -3.91. The Balaban J connectivity index is 1.18. The Morgan fingerprint density at radius 1 is 0.694 bits per heavy atom. The number of para-hydroxylation sites is 1. The first kappa shape index (κ1) is 19.3. The molecule has 36 heavy (non-hydrogen) atoms. The van der Waals surface area contributed by atoms with Gasteiger partial charge in [0.05, 0.1) is 5.69 Å². The van der Waals surface area contributed by atoms with E-state index in [-0.39, 0.29) is 0 Å². The molecule has 4 aromatic carbocycles. The van der Waals surface area contributed by atoms with Crippen LogP contribution in [0.4, 0.5) is 0 Å². The Labute approximate surface area is 212 Å². The SMILES string of the molecule is [2H]C1(c2ccc(-c3ccnc(-c4cccc5c4oc4cc6ccccc6cc45)c3)cc2)CC2CC(C2)C1. The topological polar surface area (TPSA) is 26.0 Å². The van der Waals surface area contributed by atoms with E-state index in [9.17, 15) is 0 Å². The van der Waals surface area contributed by atoms with E-state index in [0.717, 1.165) is 69.0 Å². The lowest BCUT2D eigenvalue weighted by molar-refractivity contribution is 0.0966. The van der Waals surface area contributed by atoms with Crippen molar-refractivity contribution in [2.75, 3.05) is 0 Å². The fraction of sp³-hybridized carbons (Fsp3) is 0.206. The second kappa shape index (κ2) is 7.80. The number of furan rings is 1. The van der Waals surface area contributed by atoms with Gasteiger partial charge in [0.25, 0.3) is 0 Å². The molecule has 2 aromatic heterocycles. The lowest BCUT2D eigenvalue weighted by Crippen LogP contribution is -2.32. The van der Waals surface area contributed by atoms with Gasteiger partial charge in [-0.15, -0.1) is 0 Å². The molecule has 3 saturated carbocycles. The van der Waals surface area contributed by atoms with E-state index < -0.39 is 5.89 Å². The summed E-state index contributed by atoms with van der Waals surface area (Å²) in [5, 5.41) is 4.64. The van der Waals surface area contributed by atoms with Gasteiger partial charge in [-0.3, -0.25) is 4.98 Å². The Morgan fingerprint density at radius 3 is 2.28 bits per heavy atom. The first-order valence-electron chi connectivity index (χ1n) is 13.5. The number of pyridine rings is 1. The van der Waals surface area contributed by atoms with E-state index >= 15 is 0 Å². The third-order valence-electron chi connectivity index (χ3n) is 8.43. The van der Waals surface area contributed by atoms with Crippen molar-refractivity contribution in [1.29, 1.82) is 0 Å². The molecule has 2 nitrogen and oxygen atoms in total. The molecule has 0 amide bonds. The number of aromatic nitrogens is 1. The monoisotopic (exact) mass is 466 g/mol. The normalized spacial score (nSPS) is 23.6. The Morgan fingerprint density at radius 2 is 1.47 bits per heavy atom. The smallest absolute Gasteiger partial charge is 0.144 e. The zero-order valence-electron chi connectivity index (χ0n) is 21.1. The molecule has 2 heterocycles. The summed E-state index contributed by atoms with van der Waals surface area (Å²) in [6.45, 7) is 0. The molecule has 6 aromatic rings. The van der Waals surface area contributed by atoms with Gasteiger partial charge in [0.2, 0.25) is 0 Å². The molecular formula is C34H27NO. The summed E-state index contributed by atoms with van der Waals surface area (Å²) in [6.07, 6.45) is 6.59. The number of hydrogen-bond acceptors (Lipinski definition) is 2. The minimum atomic E-state index is -0.407. The van der Waals surface area contributed by atoms with E-state index in [1.807, 2.05) is 6.20 Å². The predicted octanol–water partition coefficient (Wildman–Crippen LogP) is 9.37. The third kappa shape index (κ3) is 3.21. The van der Waals surface area contributed by atoms with Crippen molar-refractivity contribution in [1.82, 2.24) is 4.98 Å². The third-order valence-corrected chi connectivity index (χ3v) is 8.43. The highest BCUT2D eigenvalue weighted by Crippen LogP contribution is 2.51. The van der Waals surface area contributed by atoms with Gasteiger partial charge in [-0.1, -0.05) is 60.7 Å². The van der Waals surface area contributed by atoms with Crippen LogP contribution in [-0.4, -0.2) is 4.98 Å². The molecule has 3 aliphatic carbocycles. The molecule has 0 spiro atoms. The lowest BCUT2D eigenvalue weighted by Gasteiger charge is -2.45. The molecule has 0 atom stereocenters. The summed E-state index contributed by atoms with van der Waals surface area (Å²) in [7, 11) is 0. The van der Waals surface area contributed by atoms with Gasteiger partial charge in [0, 0.05) is 23.9 Å². The summed E-state index contributed by atoms with van der Waals surface area (Å²) >= 11 is 0. The predicted molar refractivity (Wildman–Crippen MR) is 148 cm³/mol. The van der Waals surface area contributed by atoms with Crippen LogP contribution in [0.25, 0.3) is 55.1 Å². The van der Waals surface area contributed by atoms with Gasteiger partial charge < -0.3 is 4.42 Å². The molecule has 0 N–H and O–H groups in total. The maximum absolute atomic E-state index is 9.09. The largest absolute Gasteiger partial charge is 0.455 e. The number of fused-ring (bicyclic) bond motifs is 6. The highest BCUT2D eigenvalue weighted by molar-refractivity contribution is 6.13. The van der Waals surface area contributed by atoms with Crippen molar-refractivity contribution in [2.45, 2.75) is 31.6 Å². The quantitative estimate of drug-likeness (QED) is 0.260. The van der Waals surface area contributed by atoms with Gasteiger partial charge >= 0.3 is 0 Å². The van der Waals surface area contributed by atoms with Crippen LogP contribution in [0.2, 0.25) is 0 Å². The van der Waals surface area contributed by atoms with Gasteiger partial charge in [-0.2, -0.15) is 0 Å². The molecule has 2 heteroatoms. The molecule has 0 radical (unpaired) electrons. The van der Waals surface area contributed by atoms with E-state index in [1.54, 1.807) is 0 Å². The van der Waals surface area contributed by atoms with Crippen LogP contribution in [0.15, 0.2) is 102 Å². The summed E-state index contributed by atoms with van der Waals surface area (Å²) in [4.78, 5) is 4.74. The van der Waals surface area contributed by atoms with Gasteiger partial charge in [-0.05, 0) is 101 Å². The standard InChI is InChI=1S/C34H27NO/c1-2-5-26-20-33-31(18-25(26)4-1)29-6-3-7-30(34(29)36-33)32-19-27(12-13-35-32)23-8-10-24(11-9-23)28-16-21-14-22(15-21)17-28/h1-13,18-22,28H,14-17H2/i28D. The summed E-state index contributed by atoms with van der Waals surface area (Å²) in [5.74, 6) is 1.12. The second-order valence-corrected chi connectivity index (χ2v) is 10.7. The Bertz CT molecular complexity index is 1800. The van der Waals surface area contributed by atoms with Crippen LogP contribution in [0.1, 0.15) is 38.5 Å². The number of nitrogens with zero attached hydrogens (tertiary/aromatic N) is 1. The molecule has 2 bridgehead atoms. The minimum Gasteiger partial charge on any atom is -0.455 e. The van der Waals surface area contributed by atoms with E-state index in [0.29, 0.717) is 0 Å². The maximum atomic E-state index is 9.09. The molecule has 174 valence electrons. The Kier molecular flexibility index (Phi) is 4.18. The summed E-state index contributed by atoms with van der Waals surface area (Å²) < 4.78 is 15.5. The highest BCUT2D eigenvalue weighted by Gasteiger charge is 2.38. The van der Waals surface area contributed by atoms with E-state index in [2.05, 4.69) is 91.0 Å². The van der Waals surface area contributed by atoms with Crippen molar-refractivity contribution in [3.05, 3.63) is 103 Å². The number of hydrogen-bond donors (Lipinski definition) is 0. The molecule has 0 saturated heterocycles. The molecule has 3 aliphatic rings. The highest BCUT2D eigenvalue weighted by atomic mass is 16.3. The van der Waals surface area contributed by atoms with Gasteiger partial charge in [0.1, 0.15) is 11.2 Å². The van der Waals surface area contributed by atoms with Crippen LogP contribution < -0.4 is 0 Å². The van der Waals surface area contributed by atoms with Crippen molar-refractivity contribution in [3.8, 4) is 22.4 Å². The first-order chi connectivity index (χ1) is 18.1. The summed E-state index contributed by atoms with van der Waals surface area (Å²) in [6, 6.07) is 32.0. The minimum absolute atomic E-state index is 0.407. The summed E-state index contributed by atoms with van der Waals surface area (Å²) in [5.41, 5.74) is 7.13. The first-order valence-corrected chi connectivity index (χ1v) is 13.0. The van der Waals surface area contributed by atoms with Crippen LogP contribution >= 0.6 is 0 Å². The van der Waals surface area contributed by atoms with Crippen molar-refractivity contribution < 1.29 is 5.79 Å². The van der Waals surface area contributed by atoms with E-state index in [4.69, 9.17) is 10.8 Å². The fourth-order valence-corrected chi connectivity index (χ4v) is 6.56. The number of rotatable bonds is 3. The molecule has 3 fully saturated rings. The zero-order valence-corrected chi connectivity index (χ0v) is 20.1. The van der Waals surface area contributed by atoms with Crippen molar-refractivity contribution in [2.24, 2.45) is 11.8 Å². The average molecular weight is 467 g/mol. The fourth-order valence-electron chi connectivity index (χ4n) is 6.56. The average Bonchev–Trinajstić information content (AvgIpc) is 3.29. The maximum Gasteiger partial charge on any atom is 0.144 e. The zero-order chi connectivity index (χ0) is 24.6. The number of benzene rings is 4. The van der Waals surface area contributed by atoms with Crippen LogP contribution in [0.5, 0.6) is 0 Å². The van der Waals surface area contributed by atoms with Crippen LogP contribution in [0.3, 0.4) is 0 Å². The van der Waals surface area contributed by atoms with Crippen LogP contribution in [-0.2, 0) is 0 Å². The van der Waals surface area contributed by atoms with Gasteiger partial charge in [0.15, 0.2) is 0 Å². The second-order valence-electron chi connectivity index (χ2n) is 10.7. The van der Waals surface area contributed by atoms with Gasteiger partial charge in [-0.25, -0.2) is 0 Å². The molecule has 0 unspecified atom stereocenters. The molecule has 9 rings (SSSR count). The van der Waals surface area contributed by atoms with E-state index in [1.165, 1.54) is 29.2 Å². The van der Waals surface area contributed by atoms with Crippen molar-refractivity contribution in [3.63, 3.8) is 0 Å². The molecule has 0 aliphatic heterocycles. The lowest BCUT2D eigenvalue weighted by atomic mass is 9.60. The van der Waals surface area contributed by atoms with Crippen LogP contribution in [0, 0.1) is 11.8 Å². The van der Waals surface area contributed by atoms with Crippen molar-refractivity contribution >= 4 is 32.7 Å².